The summed E-state index contributed by atoms with van der Waals surface area (Å²) in [5.41, 5.74) is 7.85. The average molecular weight is 874 g/mol. The van der Waals surface area contributed by atoms with Gasteiger partial charge >= 0.3 is 0 Å². The minimum Gasteiger partial charge on any atom is -0.354 e. The first kappa shape index (κ1) is 43.5. The predicted molar refractivity (Wildman–Crippen MR) is 262 cm³/mol. The summed E-state index contributed by atoms with van der Waals surface area (Å²) in [5.74, 6) is 2.52. The van der Waals surface area contributed by atoms with Crippen LogP contribution in [0.4, 0.5) is 5.69 Å². The molecular formula is C48H53N6O2S4+. The van der Waals surface area contributed by atoms with E-state index >= 15 is 0 Å². The van der Waals surface area contributed by atoms with Gasteiger partial charge in [-0.2, -0.15) is 0 Å². The normalized spacial score (nSPS) is 15.4. The molecule has 6 aromatic rings. The second-order valence-electron chi connectivity index (χ2n) is 14.5. The van der Waals surface area contributed by atoms with Crippen LogP contribution in [0.1, 0.15) is 36.4 Å². The Morgan fingerprint density at radius 3 is 1.88 bits per heavy atom. The molecule has 0 spiro atoms. The molecule has 2 N–H and O–H groups in total. The van der Waals surface area contributed by atoms with Gasteiger partial charge in [0.1, 0.15) is 25.2 Å². The molecule has 12 heteroatoms. The van der Waals surface area contributed by atoms with E-state index in [-0.39, 0.29) is 24.9 Å². The number of carbonyl (C=O) groups is 2. The molecule has 1 atom stereocenters. The minimum absolute atomic E-state index is 0.00116. The number of para-hydroxylation sites is 3. The largest absolute Gasteiger partial charge is 0.354 e. The standard InChI is InChI=1S/C48H52N6O2S4/c1-5-49-48(60-37-16-8-7-9-17-37)25-24-38-35(3)52(42-20-12-10-18-40(38)42)32-46(55)50-27-30-58-59-31-28-51-47(56)33-53-36(4)39(41-19-11-13-21-43(41)53)26-29-54(6-2)34-57-45-23-15-14-22-44(45)54/h7-26,29H,5-6,27-28,30-34H2,1-4H3,(H-,50,51,55,56)/p+1/b25-24+,29-26+,49-48+. The van der Waals surface area contributed by atoms with E-state index in [0.29, 0.717) is 19.6 Å². The van der Waals surface area contributed by atoms with Crippen LogP contribution < -0.4 is 15.1 Å². The van der Waals surface area contributed by atoms with E-state index in [9.17, 15) is 9.59 Å². The number of aliphatic imine (C=N–C) groups is 1. The van der Waals surface area contributed by atoms with Crippen molar-refractivity contribution in [1.29, 1.82) is 0 Å². The van der Waals surface area contributed by atoms with Crippen LogP contribution >= 0.6 is 45.1 Å². The van der Waals surface area contributed by atoms with Crippen LogP contribution in [0, 0.1) is 13.8 Å². The van der Waals surface area contributed by atoms with Gasteiger partial charge < -0.3 is 19.8 Å². The SMILES string of the molecule is CC/N=C(\C=C\c1c(C)n(CC(=O)NCCSSCCNC(=O)Cn2c(C)c(/C=C/[N+]3(CC)CSc4ccccc43)c3ccccc32)c2ccccc12)Sc1ccccc1. The minimum atomic E-state index is -0.0154. The summed E-state index contributed by atoms with van der Waals surface area (Å²) in [7, 11) is 3.42. The van der Waals surface area contributed by atoms with E-state index in [0.717, 1.165) is 82.7 Å². The van der Waals surface area contributed by atoms with Gasteiger partial charge in [-0.25, -0.2) is 0 Å². The molecule has 4 aromatic carbocycles. The van der Waals surface area contributed by atoms with Crippen molar-refractivity contribution in [3.05, 3.63) is 138 Å². The number of hydrogen-bond donors (Lipinski definition) is 2. The Kier molecular flexibility index (Phi) is 15.1. The number of amides is 2. The second kappa shape index (κ2) is 20.8. The Balaban J connectivity index is 0.865. The fourth-order valence-corrected chi connectivity index (χ4v) is 11.7. The zero-order valence-electron chi connectivity index (χ0n) is 34.7. The number of fused-ring (bicyclic) bond motifs is 3. The van der Waals surface area contributed by atoms with Crippen LogP contribution in [0.5, 0.6) is 0 Å². The average Bonchev–Trinajstić information content (AvgIpc) is 3.86. The summed E-state index contributed by atoms with van der Waals surface area (Å²) < 4.78 is 5.04. The Morgan fingerprint density at radius 2 is 1.28 bits per heavy atom. The third-order valence-corrected chi connectivity index (χ3v) is 15.5. The Hall–Kier alpha value is -4.59. The lowest BCUT2D eigenvalue weighted by molar-refractivity contribution is -0.122. The first-order valence-electron chi connectivity index (χ1n) is 20.5. The predicted octanol–water partition coefficient (Wildman–Crippen LogP) is 10.8. The highest BCUT2D eigenvalue weighted by Crippen LogP contribution is 2.44. The van der Waals surface area contributed by atoms with Gasteiger partial charge in [0.25, 0.3) is 0 Å². The highest BCUT2D eigenvalue weighted by Gasteiger charge is 2.35. The third-order valence-electron chi connectivity index (χ3n) is 10.8. The van der Waals surface area contributed by atoms with Crippen LogP contribution in [0.2, 0.25) is 0 Å². The molecule has 0 saturated carbocycles. The zero-order valence-corrected chi connectivity index (χ0v) is 38.0. The van der Waals surface area contributed by atoms with E-state index < -0.39 is 0 Å². The highest BCUT2D eigenvalue weighted by atomic mass is 33.1. The van der Waals surface area contributed by atoms with Crippen LogP contribution in [-0.2, 0) is 22.7 Å². The molecule has 0 aliphatic carbocycles. The quantitative estimate of drug-likeness (QED) is 0.0224. The zero-order chi connectivity index (χ0) is 41.9. The number of quaternary nitrogens is 1. The summed E-state index contributed by atoms with van der Waals surface area (Å²) in [5, 5.41) is 9.45. The lowest BCUT2D eigenvalue weighted by Gasteiger charge is -2.28. The topological polar surface area (TPSA) is 80.4 Å². The number of nitrogens with zero attached hydrogens (tertiary/aromatic N) is 4. The molecule has 3 heterocycles. The second-order valence-corrected chi connectivity index (χ2v) is 19.3. The van der Waals surface area contributed by atoms with Crippen molar-refractivity contribution in [2.75, 3.05) is 43.6 Å². The van der Waals surface area contributed by atoms with Crippen molar-refractivity contribution < 1.29 is 9.59 Å². The third kappa shape index (κ3) is 10.1. The fourth-order valence-electron chi connectivity index (χ4n) is 7.67. The van der Waals surface area contributed by atoms with Crippen LogP contribution in [0.3, 0.4) is 0 Å². The Morgan fingerprint density at radius 1 is 0.733 bits per heavy atom. The van der Waals surface area contributed by atoms with Gasteiger partial charge in [-0.05, 0) is 70.2 Å². The monoisotopic (exact) mass is 873 g/mol. The van der Waals surface area contributed by atoms with Crippen molar-refractivity contribution in [1.82, 2.24) is 24.3 Å². The maximum absolute atomic E-state index is 13.2. The lowest BCUT2D eigenvalue weighted by Crippen LogP contribution is -2.40. The van der Waals surface area contributed by atoms with Gasteiger partial charge in [0, 0.05) is 92.5 Å². The molecule has 0 saturated heterocycles. The summed E-state index contributed by atoms with van der Waals surface area (Å²) in [6.07, 6.45) is 8.81. The molecule has 0 bridgehead atoms. The van der Waals surface area contributed by atoms with Gasteiger partial charge in [0.15, 0.2) is 5.69 Å². The Labute approximate surface area is 370 Å². The molecule has 7 rings (SSSR count). The number of rotatable bonds is 18. The van der Waals surface area contributed by atoms with E-state index in [2.05, 4.69) is 132 Å². The van der Waals surface area contributed by atoms with Crippen molar-refractivity contribution in [3.63, 3.8) is 0 Å². The van der Waals surface area contributed by atoms with Gasteiger partial charge in [0.05, 0.1) is 16.5 Å². The Bertz CT molecular complexity index is 2540. The van der Waals surface area contributed by atoms with Gasteiger partial charge in [-0.1, -0.05) is 112 Å². The summed E-state index contributed by atoms with van der Waals surface area (Å²) in [6.45, 7) is 11.8. The van der Waals surface area contributed by atoms with E-state index in [1.807, 2.05) is 55.1 Å². The molecule has 310 valence electrons. The number of hydrogen-bond acceptors (Lipinski definition) is 7. The maximum Gasteiger partial charge on any atom is 0.239 e. The summed E-state index contributed by atoms with van der Waals surface area (Å²) in [4.78, 5) is 33.6. The van der Waals surface area contributed by atoms with Gasteiger partial charge in [-0.3, -0.25) is 19.1 Å². The first-order valence-corrected chi connectivity index (χ1v) is 24.8. The van der Waals surface area contributed by atoms with E-state index in [4.69, 9.17) is 4.99 Å². The molecule has 2 aromatic heterocycles. The molecule has 0 fully saturated rings. The van der Waals surface area contributed by atoms with Crippen molar-refractivity contribution in [2.24, 2.45) is 4.99 Å². The molecule has 60 heavy (non-hydrogen) atoms. The van der Waals surface area contributed by atoms with Gasteiger partial charge in [0.2, 0.25) is 11.8 Å². The van der Waals surface area contributed by atoms with E-state index in [1.165, 1.54) is 10.6 Å². The maximum atomic E-state index is 13.2. The van der Waals surface area contributed by atoms with Crippen molar-refractivity contribution in [3.8, 4) is 0 Å². The van der Waals surface area contributed by atoms with Crippen LogP contribution in [0.25, 0.3) is 34.0 Å². The molecule has 1 aliphatic rings. The molecular weight excluding hydrogens is 821 g/mol. The number of aromatic nitrogens is 2. The lowest BCUT2D eigenvalue weighted by atomic mass is 10.1. The fraction of sp³-hybridized carbons (Fsp3) is 0.271. The smallest absolute Gasteiger partial charge is 0.239 e. The highest BCUT2D eigenvalue weighted by molar-refractivity contribution is 8.76. The molecule has 1 aliphatic heterocycles. The first-order chi connectivity index (χ1) is 29.3. The van der Waals surface area contributed by atoms with Crippen LogP contribution in [-0.4, -0.2) is 69.6 Å². The van der Waals surface area contributed by atoms with E-state index in [1.54, 1.807) is 33.3 Å². The summed E-state index contributed by atoms with van der Waals surface area (Å²) in [6, 6.07) is 35.6. The molecule has 0 radical (unpaired) electrons. The number of thioether (sulfide) groups is 2. The molecule has 8 nitrogen and oxygen atoms in total. The number of nitrogens with one attached hydrogen (secondary N) is 2. The molecule has 1 unspecified atom stereocenters. The number of carbonyl (C=O) groups excluding carboxylic acids is 2. The molecule has 2 amide bonds. The van der Waals surface area contributed by atoms with Crippen LogP contribution in [0.15, 0.2) is 130 Å². The summed E-state index contributed by atoms with van der Waals surface area (Å²) >= 11 is 3.56. The van der Waals surface area contributed by atoms with Crippen molar-refractivity contribution >= 4 is 102 Å². The number of benzene rings is 4. The van der Waals surface area contributed by atoms with Crippen molar-refractivity contribution in [2.45, 2.75) is 50.6 Å². The van der Waals surface area contributed by atoms with Gasteiger partial charge in [-0.15, -0.1) is 0 Å².